The van der Waals surface area contributed by atoms with Crippen molar-refractivity contribution in [3.63, 3.8) is 0 Å². The van der Waals surface area contributed by atoms with Gasteiger partial charge in [0.1, 0.15) is 0 Å². The highest BCUT2D eigenvalue weighted by molar-refractivity contribution is 6.06. The molecule has 7 nitrogen and oxygen atoms in total. The lowest BCUT2D eigenvalue weighted by Crippen LogP contribution is -2.31. The molecular weight excluding hydrogens is 410 g/mol. The number of fused-ring (bicyclic) bond motifs is 5. The SMILES string of the molecule is COC(=O)CC1c2c(ccc(OC)c2OC)-c2ccc3cc(OC)c(OC)cc3c2N1C. The molecule has 0 saturated carbocycles. The zero-order valence-corrected chi connectivity index (χ0v) is 19.1. The zero-order valence-electron chi connectivity index (χ0n) is 19.1. The minimum atomic E-state index is -0.311. The third-order valence-corrected chi connectivity index (χ3v) is 6.11. The van der Waals surface area contributed by atoms with Crippen molar-refractivity contribution < 1.29 is 28.5 Å². The normalized spacial score (nSPS) is 14.4. The number of carbonyl (C=O) groups is 1. The third-order valence-electron chi connectivity index (χ3n) is 6.11. The molecule has 3 aromatic rings. The van der Waals surface area contributed by atoms with Crippen LogP contribution in [-0.4, -0.2) is 48.6 Å². The van der Waals surface area contributed by atoms with Gasteiger partial charge in [0.05, 0.1) is 53.7 Å². The number of benzene rings is 3. The van der Waals surface area contributed by atoms with Crippen molar-refractivity contribution in [1.29, 1.82) is 0 Å². The quantitative estimate of drug-likeness (QED) is 0.522. The number of methoxy groups -OCH3 is 5. The van der Waals surface area contributed by atoms with Crippen molar-refractivity contribution in [2.24, 2.45) is 0 Å². The maximum Gasteiger partial charge on any atom is 0.307 e. The van der Waals surface area contributed by atoms with Crippen LogP contribution in [-0.2, 0) is 9.53 Å². The summed E-state index contributed by atoms with van der Waals surface area (Å²) in [5, 5.41) is 2.01. The fourth-order valence-corrected chi connectivity index (χ4v) is 4.58. The summed E-state index contributed by atoms with van der Waals surface area (Å²) in [5.41, 5.74) is 3.91. The molecule has 7 heteroatoms. The van der Waals surface area contributed by atoms with Gasteiger partial charge in [0, 0.05) is 23.6 Å². The van der Waals surface area contributed by atoms with Gasteiger partial charge < -0.3 is 28.6 Å². The average molecular weight is 437 g/mol. The summed E-state index contributed by atoms with van der Waals surface area (Å²) in [7, 11) is 9.83. The number of anilines is 1. The highest BCUT2D eigenvalue weighted by atomic mass is 16.5. The number of carbonyl (C=O) groups excluding carboxylic acids is 1. The van der Waals surface area contributed by atoms with Gasteiger partial charge in [-0.2, -0.15) is 0 Å². The van der Waals surface area contributed by atoms with Crippen LogP contribution in [0.5, 0.6) is 23.0 Å². The molecule has 0 saturated heterocycles. The predicted molar refractivity (Wildman–Crippen MR) is 123 cm³/mol. The van der Waals surface area contributed by atoms with Crippen LogP contribution in [0.3, 0.4) is 0 Å². The molecule has 0 amide bonds. The Kier molecular flexibility index (Phi) is 5.74. The molecule has 0 aliphatic carbocycles. The number of esters is 1. The molecule has 32 heavy (non-hydrogen) atoms. The second kappa shape index (κ2) is 8.49. The van der Waals surface area contributed by atoms with Crippen LogP contribution in [0.1, 0.15) is 18.0 Å². The Morgan fingerprint density at radius 3 is 2.12 bits per heavy atom. The molecule has 1 unspecified atom stereocenters. The molecule has 1 atom stereocenters. The Balaban J connectivity index is 2.06. The van der Waals surface area contributed by atoms with Crippen molar-refractivity contribution >= 4 is 22.4 Å². The van der Waals surface area contributed by atoms with E-state index in [0.717, 1.165) is 33.2 Å². The van der Waals surface area contributed by atoms with Crippen molar-refractivity contribution in [2.45, 2.75) is 12.5 Å². The van der Waals surface area contributed by atoms with Crippen LogP contribution in [0.15, 0.2) is 36.4 Å². The predicted octanol–water partition coefficient (Wildman–Crippen LogP) is 4.60. The van der Waals surface area contributed by atoms with E-state index >= 15 is 0 Å². The molecule has 1 heterocycles. The van der Waals surface area contributed by atoms with E-state index < -0.39 is 0 Å². The van der Waals surface area contributed by atoms with E-state index in [4.69, 9.17) is 23.7 Å². The Morgan fingerprint density at radius 2 is 1.50 bits per heavy atom. The molecule has 0 spiro atoms. The Hall–Kier alpha value is -3.61. The summed E-state index contributed by atoms with van der Waals surface area (Å²) in [6, 6.07) is 11.7. The summed E-state index contributed by atoms with van der Waals surface area (Å²) < 4.78 is 27.4. The van der Waals surface area contributed by atoms with Gasteiger partial charge in [-0.05, 0) is 35.2 Å². The van der Waals surface area contributed by atoms with Crippen LogP contribution in [0.4, 0.5) is 5.69 Å². The Bertz CT molecular complexity index is 1190. The average Bonchev–Trinajstić information content (AvgIpc) is 2.83. The molecule has 4 rings (SSSR count). The standard InChI is InChI=1S/C25H27NO6/c1-26-18(13-22(27)31-5)23-15(9-10-19(28-2)25(23)32-6)16-8-7-14-11-20(29-3)21(30-4)12-17(14)24(16)26/h7-12,18H,13H2,1-6H3. The highest BCUT2D eigenvalue weighted by Gasteiger charge is 2.36. The number of rotatable bonds is 6. The van der Waals surface area contributed by atoms with Gasteiger partial charge in [-0.1, -0.05) is 12.1 Å². The third kappa shape index (κ3) is 3.25. The van der Waals surface area contributed by atoms with Crippen molar-refractivity contribution in [1.82, 2.24) is 0 Å². The van der Waals surface area contributed by atoms with Crippen molar-refractivity contribution in [2.75, 3.05) is 47.5 Å². The lowest BCUT2D eigenvalue weighted by Gasteiger charge is -2.39. The molecular formula is C25H27NO6. The van der Waals surface area contributed by atoms with Crippen LogP contribution < -0.4 is 23.8 Å². The van der Waals surface area contributed by atoms with Gasteiger partial charge in [0.2, 0.25) is 0 Å². The number of hydrogen-bond acceptors (Lipinski definition) is 7. The number of hydrogen-bond donors (Lipinski definition) is 0. The minimum Gasteiger partial charge on any atom is -0.493 e. The van der Waals surface area contributed by atoms with Gasteiger partial charge in [-0.3, -0.25) is 4.79 Å². The van der Waals surface area contributed by atoms with Gasteiger partial charge in [0.15, 0.2) is 23.0 Å². The van der Waals surface area contributed by atoms with E-state index in [0.29, 0.717) is 23.0 Å². The fraction of sp³-hybridized carbons (Fsp3) is 0.320. The van der Waals surface area contributed by atoms with E-state index in [2.05, 4.69) is 17.0 Å². The van der Waals surface area contributed by atoms with Gasteiger partial charge >= 0.3 is 5.97 Å². The maximum atomic E-state index is 12.4. The topological polar surface area (TPSA) is 66.5 Å². The second-order valence-electron chi connectivity index (χ2n) is 7.56. The van der Waals surface area contributed by atoms with E-state index in [-0.39, 0.29) is 18.4 Å². The van der Waals surface area contributed by atoms with Crippen LogP contribution in [0.25, 0.3) is 21.9 Å². The molecule has 0 aromatic heterocycles. The van der Waals surface area contributed by atoms with Crippen molar-refractivity contribution in [3.05, 3.63) is 42.0 Å². The largest absolute Gasteiger partial charge is 0.493 e. The van der Waals surface area contributed by atoms with Crippen LogP contribution in [0.2, 0.25) is 0 Å². The molecule has 0 N–H and O–H groups in total. The van der Waals surface area contributed by atoms with Crippen molar-refractivity contribution in [3.8, 4) is 34.1 Å². The molecule has 0 bridgehead atoms. The molecule has 1 aliphatic heterocycles. The summed E-state index contributed by atoms with van der Waals surface area (Å²) in [5.74, 6) is 2.23. The summed E-state index contributed by atoms with van der Waals surface area (Å²) in [6.07, 6.45) is 0.159. The monoisotopic (exact) mass is 437 g/mol. The van der Waals surface area contributed by atoms with E-state index in [1.165, 1.54) is 7.11 Å². The lowest BCUT2D eigenvalue weighted by atomic mass is 9.84. The summed E-state index contributed by atoms with van der Waals surface area (Å²) in [4.78, 5) is 14.5. The minimum absolute atomic E-state index is 0.159. The van der Waals surface area contributed by atoms with E-state index in [1.54, 1.807) is 28.4 Å². The summed E-state index contributed by atoms with van der Waals surface area (Å²) >= 11 is 0. The smallest absolute Gasteiger partial charge is 0.307 e. The maximum absolute atomic E-state index is 12.4. The highest BCUT2D eigenvalue weighted by Crippen LogP contribution is 2.54. The number of nitrogens with zero attached hydrogens (tertiary/aromatic N) is 1. The van der Waals surface area contributed by atoms with E-state index in [1.807, 2.05) is 31.3 Å². The summed E-state index contributed by atoms with van der Waals surface area (Å²) in [6.45, 7) is 0. The zero-order chi connectivity index (χ0) is 23.0. The van der Waals surface area contributed by atoms with Gasteiger partial charge in [-0.25, -0.2) is 0 Å². The first-order valence-electron chi connectivity index (χ1n) is 10.2. The van der Waals surface area contributed by atoms with Gasteiger partial charge in [-0.15, -0.1) is 0 Å². The lowest BCUT2D eigenvalue weighted by molar-refractivity contribution is -0.141. The first kappa shape index (κ1) is 21.6. The second-order valence-corrected chi connectivity index (χ2v) is 7.56. The fourth-order valence-electron chi connectivity index (χ4n) is 4.58. The molecule has 0 radical (unpaired) electrons. The molecule has 0 fully saturated rings. The molecule has 3 aromatic carbocycles. The number of ether oxygens (including phenoxy) is 5. The Morgan fingerprint density at radius 1 is 0.844 bits per heavy atom. The molecule has 1 aliphatic rings. The van der Waals surface area contributed by atoms with E-state index in [9.17, 15) is 4.79 Å². The van der Waals surface area contributed by atoms with Crippen LogP contribution in [0, 0.1) is 0 Å². The van der Waals surface area contributed by atoms with Gasteiger partial charge in [0.25, 0.3) is 0 Å². The first-order chi connectivity index (χ1) is 15.5. The molecule has 168 valence electrons. The first-order valence-corrected chi connectivity index (χ1v) is 10.2. The Labute approximate surface area is 187 Å². The van der Waals surface area contributed by atoms with Crippen LogP contribution >= 0.6 is 0 Å².